The highest BCUT2D eigenvalue weighted by Gasteiger charge is 2.45. The fourth-order valence-electron chi connectivity index (χ4n) is 16.1. The average Bonchev–Trinajstić information content (AvgIpc) is 1.56. The lowest BCUT2D eigenvalue weighted by atomic mass is 10.00. The summed E-state index contributed by atoms with van der Waals surface area (Å²) in [5.41, 5.74) is 25.1. The van der Waals surface area contributed by atoms with Crippen LogP contribution in [0.3, 0.4) is 0 Å². The maximum atomic E-state index is 15.7. The molecule has 0 radical (unpaired) electrons. The van der Waals surface area contributed by atoms with E-state index in [1.807, 2.05) is 32.0 Å². The third-order valence-corrected chi connectivity index (χ3v) is 25.5. The molecule has 0 saturated carbocycles. The molecule has 43 heteroatoms. The molecule has 3 aliphatic rings. The van der Waals surface area contributed by atoms with Crippen LogP contribution in [0.25, 0.3) is 21.0 Å². The summed E-state index contributed by atoms with van der Waals surface area (Å²) in [5.74, 6) is -17.3. The topological polar surface area (TPSA) is 623 Å². The molecular formula is C88H126N22O19S2. The highest BCUT2D eigenvalue weighted by molar-refractivity contribution is 8.00. The number of aromatic hydroxyl groups is 1. The molecule has 3 fully saturated rings. The number of nitrogens with zero attached hydrogens (tertiary/aromatic N) is 5. The normalized spacial score (nSPS) is 24.6. The van der Waals surface area contributed by atoms with Crippen LogP contribution < -0.4 is 81.4 Å². The number of para-hydroxylation sites is 1. The quantitative estimate of drug-likeness (QED) is 0.0168. The van der Waals surface area contributed by atoms with Gasteiger partial charge < -0.3 is 121 Å². The van der Waals surface area contributed by atoms with Crippen LogP contribution >= 0.6 is 23.1 Å². The molecule has 2 aromatic heterocycles. The number of phenolic OH excluding ortho intramolecular Hbond substituents is 1. The van der Waals surface area contributed by atoms with Gasteiger partial charge in [0.05, 0.1) is 25.3 Å². The molecule has 0 aliphatic carbocycles. The smallest absolute Gasteiger partial charge is 0.246 e. The minimum Gasteiger partial charge on any atom is -0.508 e. The lowest BCUT2D eigenvalue weighted by molar-refractivity contribution is -0.149. The van der Waals surface area contributed by atoms with Gasteiger partial charge in [0.2, 0.25) is 100 Å². The van der Waals surface area contributed by atoms with Gasteiger partial charge in [0, 0.05) is 94.1 Å². The highest BCUT2D eigenvalue weighted by atomic mass is 32.2. The van der Waals surface area contributed by atoms with Crippen molar-refractivity contribution in [3.63, 3.8) is 0 Å². The second kappa shape index (κ2) is 50.0. The number of aromatic nitrogens is 1. The molecule has 5 aromatic rings. The van der Waals surface area contributed by atoms with Gasteiger partial charge in [-0.05, 0) is 122 Å². The van der Waals surface area contributed by atoms with Gasteiger partial charge >= 0.3 is 0 Å². The van der Waals surface area contributed by atoms with Crippen molar-refractivity contribution in [3.05, 3.63) is 101 Å². The van der Waals surface area contributed by atoms with Crippen LogP contribution in [0.5, 0.6) is 5.75 Å². The van der Waals surface area contributed by atoms with E-state index in [1.165, 1.54) is 68.6 Å². The number of phenols is 1. The number of thiophene rings is 1. The van der Waals surface area contributed by atoms with Crippen molar-refractivity contribution >= 4 is 150 Å². The predicted octanol–water partition coefficient (Wildman–Crippen LogP) is -2.17. The number of fused-ring (bicyclic) bond motifs is 4. The Labute approximate surface area is 767 Å². The van der Waals surface area contributed by atoms with Crippen molar-refractivity contribution in [1.29, 1.82) is 5.41 Å². The molecule has 17 amide bonds. The number of aromatic amines is 1. The Morgan fingerprint density at radius 1 is 0.542 bits per heavy atom. The maximum Gasteiger partial charge on any atom is 0.246 e. The first kappa shape index (κ1) is 104. The molecular weight excluding hydrogens is 1730 g/mol. The van der Waals surface area contributed by atoms with Crippen molar-refractivity contribution in [2.24, 2.45) is 28.9 Å². The van der Waals surface area contributed by atoms with Crippen LogP contribution in [0, 0.1) is 11.3 Å². The van der Waals surface area contributed by atoms with Crippen LogP contribution in [0.4, 0.5) is 0 Å². The number of carbonyl (C=O) groups is 17. The number of benzene rings is 3. The number of unbranched alkanes of at least 4 members (excludes halogenated alkanes) is 2. The van der Waals surface area contributed by atoms with Crippen molar-refractivity contribution in [3.8, 4) is 5.75 Å². The van der Waals surface area contributed by atoms with Gasteiger partial charge in [-0.15, -0.1) is 23.1 Å². The monoisotopic (exact) mass is 1860 g/mol. The van der Waals surface area contributed by atoms with E-state index < -0.39 is 229 Å². The highest BCUT2D eigenvalue weighted by Crippen LogP contribution is 2.30. The second-order valence-corrected chi connectivity index (χ2v) is 35.6. The fourth-order valence-corrected chi connectivity index (χ4v) is 17.9. The Bertz CT molecular complexity index is 4920. The van der Waals surface area contributed by atoms with E-state index >= 15 is 33.6 Å². The number of hydrogen-bond acceptors (Lipinski definition) is 23. The van der Waals surface area contributed by atoms with Gasteiger partial charge in [-0.2, -0.15) is 0 Å². The standard InChI is InChI=1S/C88H126N22O19S2/c1-9-11-24-66-80(122)98-57(23-17-33-94-88(92)93)76(118)105-65(75(117)96-43-72(91)114)46-130-47-73(115)97-60(37-50-29-31-53(112)32-30-50)83(125)106(6)49(5)74(116)100-62(40-71(90)113)86(128)110-35-19-27-68(110)82(124)103-63(41-89)78(120)101-59(36-48(3)4)85(127)109-34-18-26-67(109)81(123)99-58(38-51-42-95-56-22-15-13-20-54(51)56)77(119)104-64(44-111)79(121)102-61(39-52-45-131-70-28-16-14-21-55(52)70)84(126)108(8)69(25-12-10-2)87(129)107(66)7/h13-16,20-22,28-32,42,45,48-49,57-69,95,111-112H,9-12,17-19,23-27,33-41,43-44,46-47,89H2,1-8H3,(H2,90,113)(H2,91,114)(H,96,117)(H,97,115)(H,98,122)(H,99,123)(H,100,116)(H,101,120)(H,102,121)(H,103,124)(H,104,119)(H,105,118)(H4,92,93,94)/t49-,57-,58-,59-,60-,61-,62-,63-,64-,65-,66-,67-,68-,69-/m0/s1. The number of H-pyrrole nitrogens is 1. The average molecular weight is 1860 g/mol. The molecule has 5 heterocycles. The molecule has 3 saturated heterocycles. The number of thioether (sulfide) groups is 1. The summed E-state index contributed by atoms with van der Waals surface area (Å²) >= 11 is 2.13. The Balaban J connectivity index is 1.18. The summed E-state index contributed by atoms with van der Waals surface area (Å²) in [6, 6.07) is -1.11. The first-order chi connectivity index (χ1) is 62.4. The van der Waals surface area contributed by atoms with Crippen LogP contribution in [0.15, 0.2) is 84.4 Å². The van der Waals surface area contributed by atoms with Crippen LogP contribution in [0.1, 0.15) is 141 Å². The van der Waals surface area contributed by atoms with E-state index in [0.29, 0.717) is 53.3 Å². The van der Waals surface area contributed by atoms with Crippen LogP contribution in [0.2, 0.25) is 0 Å². The number of nitrogens with two attached hydrogens (primary N) is 4. The Morgan fingerprint density at radius 3 is 1.69 bits per heavy atom. The van der Waals surface area contributed by atoms with Crippen molar-refractivity contribution in [2.45, 2.75) is 228 Å². The molecule has 3 aromatic carbocycles. The van der Waals surface area contributed by atoms with Gasteiger partial charge in [0.25, 0.3) is 0 Å². The zero-order valence-electron chi connectivity index (χ0n) is 75.1. The maximum absolute atomic E-state index is 15.7. The van der Waals surface area contributed by atoms with E-state index in [2.05, 4.69) is 63.5 Å². The second-order valence-electron chi connectivity index (χ2n) is 33.6. The SMILES string of the molecule is CCCC[C@H]1C(=O)N(C)[C@@H](CCCC)C(=O)N[C@@H](CCCNC(=N)N)C(=O)N[C@H](C(=O)NCC(N)=O)CSCC(=O)N[C@@H](Cc2ccc(O)cc2)C(=O)N(C)[C@@H](C)C(=O)N[C@@H](CC(N)=O)C(=O)N2CCC[C@H]2C(=O)N[C@@H](CN)C(=O)N[C@@H](CC(C)C)C(=O)N2CCC[C@H]2C(=O)N[C@@H](Cc2c[nH]c3ccccc23)C(=O)N[C@@H](CO)C(=O)N[C@@H](Cc2csc3ccccc23)C(=O)N1C. The largest absolute Gasteiger partial charge is 0.508 e. The Hall–Kier alpha value is -12.5. The van der Waals surface area contributed by atoms with E-state index in [1.54, 1.807) is 55.8 Å². The molecule has 14 atom stereocenters. The lowest BCUT2D eigenvalue weighted by Gasteiger charge is -2.36. The lowest BCUT2D eigenvalue weighted by Crippen LogP contribution is -2.62. The van der Waals surface area contributed by atoms with Crippen LogP contribution in [-0.2, 0) is 101 Å². The van der Waals surface area contributed by atoms with Gasteiger partial charge in [0.15, 0.2) is 5.96 Å². The zero-order chi connectivity index (χ0) is 96.0. The molecule has 131 heavy (non-hydrogen) atoms. The fraction of sp³-hybridized carbons (Fsp3) is 0.545. The number of carbonyl (C=O) groups excluding carboxylic acids is 17. The number of rotatable bonds is 25. The van der Waals surface area contributed by atoms with Crippen molar-refractivity contribution in [1.82, 2.24) is 88.0 Å². The summed E-state index contributed by atoms with van der Waals surface area (Å²) in [4.78, 5) is 257. The number of guanidine groups is 1. The summed E-state index contributed by atoms with van der Waals surface area (Å²) in [6.45, 7) is 6.10. The van der Waals surface area contributed by atoms with Gasteiger partial charge in [-0.1, -0.05) is 102 Å². The van der Waals surface area contributed by atoms with E-state index in [4.69, 9.17) is 28.3 Å². The Kier molecular flexibility index (Phi) is 39.7. The first-order valence-corrected chi connectivity index (χ1v) is 46.1. The number of aliphatic hydroxyl groups is 1. The summed E-state index contributed by atoms with van der Waals surface area (Å²) < 4.78 is 0.826. The number of nitrogens with one attached hydrogen (secondary N) is 13. The van der Waals surface area contributed by atoms with Gasteiger partial charge in [-0.25, -0.2) is 0 Å². The van der Waals surface area contributed by atoms with E-state index in [9.17, 15) is 58.2 Å². The molecule has 714 valence electrons. The number of primary amides is 2. The molecule has 23 N–H and O–H groups in total. The Morgan fingerprint density at radius 2 is 1.08 bits per heavy atom. The third-order valence-electron chi connectivity index (χ3n) is 23.4. The number of aliphatic hydroxyl groups excluding tert-OH is 1. The number of hydrogen-bond donors (Lipinski definition) is 19. The summed E-state index contributed by atoms with van der Waals surface area (Å²) in [5, 5.41) is 61.4. The molecule has 0 unspecified atom stereocenters. The molecule has 8 rings (SSSR count). The minimum atomic E-state index is -1.84. The van der Waals surface area contributed by atoms with Crippen LogP contribution in [-0.4, -0.2) is 303 Å². The molecule has 0 spiro atoms. The van der Waals surface area contributed by atoms with Gasteiger partial charge in [0.1, 0.15) is 90.3 Å². The van der Waals surface area contributed by atoms with E-state index in [0.717, 1.165) is 41.4 Å². The molecule has 41 nitrogen and oxygen atoms in total. The molecule has 3 aliphatic heterocycles. The third kappa shape index (κ3) is 29.2. The van der Waals surface area contributed by atoms with Gasteiger partial charge in [-0.3, -0.25) is 86.9 Å². The van der Waals surface area contributed by atoms with Crippen molar-refractivity contribution < 1.29 is 91.7 Å². The zero-order valence-corrected chi connectivity index (χ0v) is 76.8. The number of likely N-dealkylation sites (N-methyl/N-ethyl adjacent to an activating group) is 3. The summed E-state index contributed by atoms with van der Waals surface area (Å²) in [6.07, 6.45) is 2.20. The van der Waals surface area contributed by atoms with E-state index in [-0.39, 0.29) is 108 Å². The first-order valence-electron chi connectivity index (χ1n) is 44.1. The number of amides is 17. The molecule has 0 bridgehead atoms. The minimum absolute atomic E-state index is 0.000339. The summed E-state index contributed by atoms with van der Waals surface area (Å²) in [7, 11) is 3.94. The van der Waals surface area contributed by atoms with Crippen molar-refractivity contribution in [2.75, 3.05) is 72.0 Å². The predicted molar refractivity (Wildman–Crippen MR) is 489 cm³/mol.